The average molecular weight is 319 g/mol. The lowest BCUT2D eigenvalue weighted by Crippen LogP contribution is -2.33. The number of likely N-dealkylation sites (tertiary alicyclic amines) is 1. The number of carbonyl (C=O) groups is 1. The highest BCUT2D eigenvalue weighted by Crippen LogP contribution is 2.30. The Hall–Kier alpha value is -1.36. The molecule has 0 saturated carbocycles. The number of thioether (sulfide) groups is 1. The van der Waals surface area contributed by atoms with Crippen molar-refractivity contribution in [1.82, 2.24) is 4.90 Å². The second-order valence-corrected chi connectivity index (χ2v) is 7.07. The first-order chi connectivity index (χ1) is 10.7. The molecule has 1 aromatic carbocycles. The summed E-state index contributed by atoms with van der Waals surface area (Å²) < 4.78 is 0. The molecule has 3 rings (SSSR count). The molecule has 2 heterocycles. The number of carbonyl (C=O) groups excluding carboxylic acids is 1. The van der Waals surface area contributed by atoms with E-state index in [1.165, 1.54) is 11.3 Å². The summed E-state index contributed by atoms with van der Waals surface area (Å²) >= 11 is 1.87. The van der Waals surface area contributed by atoms with Gasteiger partial charge in [-0.25, -0.2) is 4.79 Å². The second-order valence-electron chi connectivity index (χ2n) is 6.16. The van der Waals surface area contributed by atoms with Crippen molar-refractivity contribution in [2.75, 3.05) is 48.4 Å². The molecule has 1 N–H and O–H groups in total. The maximum atomic E-state index is 12.4. The first-order valence-corrected chi connectivity index (χ1v) is 9.53. The van der Waals surface area contributed by atoms with Gasteiger partial charge in [-0.2, -0.15) is 11.8 Å². The summed E-state index contributed by atoms with van der Waals surface area (Å²) in [7, 11) is 0. The van der Waals surface area contributed by atoms with Crippen LogP contribution in [-0.2, 0) is 6.42 Å². The Balaban J connectivity index is 1.63. The summed E-state index contributed by atoms with van der Waals surface area (Å²) in [4.78, 5) is 16.7. The summed E-state index contributed by atoms with van der Waals surface area (Å²) in [5.74, 6) is 1.80. The molecule has 1 unspecified atom stereocenters. The Morgan fingerprint density at radius 1 is 1.41 bits per heavy atom. The van der Waals surface area contributed by atoms with Gasteiger partial charge in [0.2, 0.25) is 0 Å². The second kappa shape index (κ2) is 6.82. The molecular formula is C17H25N3OS. The Kier molecular flexibility index (Phi) is 4.81. The third-order valence-electron chi connectivity index (χ3n) is 4.69. The quantitative estimate of drug-likeness (QED) is 0.925. The van der Waals surface area contributed by atoms with Crippen LogP contribution in [0.4, 0.5) is 16.2 Å². The van der Waals surface area contributed by atoms with Crippen molar-refractivity contribution in [2.45, 2.75) is 19.8 Å². The predicted molar refractivity (Wildman–Crippen MR) is 95.1 cm³/mol. The normalized spacial score (nSPS) is 20.4. The fraction of sp³-hybridized carbons (Fsp3) is 0.588. The van der Waals surface area contributed by atoms with E-state index in [0.717, 1.165) is 50.5 Å². The van der Waals surface area contributed by atoms with Gasteiger partial charge in [0.1, 0.15) is 0 Å². The topological polar surface area (TPSA) is 35.6 Å². The smallest absolute Gasteiger partial charge is 0.321 e. The maximum Gasteiger partial charge on any atom is 0.321 e. The molecule has 0 spiro atoms. The molecule has 1 atom stereocenters. The molecule has 1 fully saturated rings. The molecule has 2 aliphatic rings. The zero-order valence-corrected chi connectivity index (χ0v) is 14.3. The van der Waals surface area contributed by atoms with Crippen molar-refractivity contribution in [3.05, 3.63) is 23.8 Å². The van der Waals surface area contributed by atoms with Crippen molar-refractivity contribution < 1.29 is 4.79 Å². The van der Waals surface area contributed by atoms with Crippen LogP contribution in [0.2, 0.25) is 0 Å². The Bertz CT molecular complexity index is 549. The molecule has 1 saturated heterocycles. The van der Waals surface area contributed by atoms with Gasteiger partial charge in [0.15, 0.2) is 0 Å². The summed E-state index contributed by atoms with van der Waals surface area (Å²) in [6.45, 7) is 6.05. The van der Waals surface area contributed by atoms with Crippen LogP contribution >= 0.6 is 11.8 Å². The fourth-order valence-electron chi connectivity index (χ4n) is 3.44. The number of fused-ring (bicyclic) bond motifs is 1. The van der Waals surface area contributed by atoms with Crippen molar-refractivity contribution in [3.63, 3.8) is 0 Å². The highest BCUT2D eigenvalue weighted by Gasteiger charge is 2.26. The van der Waals surface area contributed by atoms with Gasteiger partial charge >= 0.3 is 6.03 Å². The zero-order chi connectivity index (χ0) is 15.5. The molecule has 0 aromatic heterocycles. The molecule has 2 aliphatic heterocycles. The number of urea groups is 1. The Morgan fingerprint density at radius 3 is 3.05 bits per heavy atom. The number of nitrogens with zero attached hydrogens (tertiary/aromatic N) is 2. The standard InChI is InChI=1S/C17H25N3OS/c1-3-19-9-7-14-4-5-15(10-16(14)19)18-17(21)20-8-6-13(11-20)12-22-2/h4-5,10,13H,3,6-9,11-12H2,1-2H3,(H,18,21). The largest absolute Gasteiger partial charge is 0.371 e. The van der Waals surface area contributed by atoms with Gasteiger partial charge in [0.25, 0.3) is 0 Å². The van der Waals surface area contributed by atoms with Crippen LogP contribution in [0.3, 0.4) is 0 Å². The van der Waals surface area contributed by atoms with Gasteiger partial charge < -0.3 is 15.1 Å². The van der Waals surface area contributed by atoms with Crippen LogP contribution in [-0.4, -0.2) is 49.1 Å². The third kappa shape index (κ3) is 3.19. The van der Waals surface area contributed by atoms with Gasteiger partial charge in [0, 0.05) is 37.6 Å². The molecule has 0 bridgehead atoms. The van der Waals surface area contributed by atoms with Crippen LogP contribution in [0.5, 0.6) is 0 Å². The van der Waals surface area contributed by atoms with E-state index in [9.17, 15) is 4.79 Å². The van der Waals surface area contributed by atoms with E-state index >= 15 is 0 Å². The van der Waals surface area contributed by atoms with Gasteiger partial charge in [-0.1, -0.05) is 6.07 Å². The lowest BCUT2D eigenvalue weighted by molar-refractivity contribution is 0.221. The van der Waals surface area contributed by atoms with Crippen molar-refractivity contribution in [2.24, 2.45) is 5.92 Å². The Labute approximate surface area is 137 Å². The summed E-state index contributed by atoms with van der Waals surface area (Å²) in [5.41, 5.74) is 3.58. The predicted octanol–water partition coefficient (Wildman–Crippen LogP) is 3.29. The summed E-state index contributed by atoms with van der Waals surface area (Å²) in [5, 5.41) is 3.07. The molecule has 22 heavy (non-hydrogen) atoms. The van der Waals surface area contributed by atoms with Crippen molar-refractivity contribution in [1.29, 1.82) is 0 Å². The van der Waals surface area contributed by atoms with E-state index in [4.69, 9.17) is 0 Å². The van der Waals surface area contributed by atoms with E-state index < -0.39 is 0 Å². The van der Waals surface area contributed by atoms with Crippen molar-refractivity contribution in [3.8, 4) is 0 Å². The minimum absolute atomic E-state index is 0.0459. The van der Waals surface area contributed by atoms with Gasteiger partial charge in [0.05, 0.1) is 0 Å². The SMILES string of the molecule is CCN1CCc2ccc(NC(=O)N3CCC(CSC)C3)cc21. The van der Waals surface area contributed by atoms with Crippen LogP contribution in [0, 0.1) is 5.92 Å². The molecule has 0 radical (unpaired) electrons. The number of hydrogen-bond acceptors (Lipinski definition) is 3. The minimum atomic E-state index is 0.0459. The monoisotopic (exact) mass is 319 g/mol. The highest BCUT2D eigenvalue weighted by molar-refractivity contribution is 7.98. The first kappa shape index (κ1) is 15.5. The average Bonchev–Trinajstić information content (AvgIpc) is 3.14. The molecule has 0 aliphatic carbocycles. The summed E-state index contributed by atoms with van der Waals surface area (Å²) in [6, 6.07) is 6.36. The third-order valence-corrected chi connectivity index (χ3v) is 5.49. The number of rotatable bonds is 4. The van der Waals surface area contributed by atoms with Gasteiger partial charge in [-0.3, -0.25) is 0 Å². The Morgan fingerprint density at radius 2 is 2.27 bits per heavy atom. The number of likely N-dealkylation sites (N-methyl/N-ethyl adjacent to an activating group) is 1. The molecule has 120 valence electrons. The molecule has 2 amide bonds. The van der Waals surface area contributed by atoms with Crippen LogP contribution in [0.15, 0.2) is 18.2 Å². The van der Waals surface area contributed by atoms with Gasteiger partial charge in [-0.15, -0.1) is 0 Å². The fourth-order valence-corrected chi connectivity index (χ4v) is 4.19. The minimum Gasteiger partial charge on any atom is -0.371 e. The number of benzene rings is 1. The molecule has 5 heteroatoms. The maximum absolute atomic E-state index is 12.4. The van der Waals surface area contributed by atoms with E-state index in [1.54, 1.807) is 0 Å². The molecule has 4 nitrogen and oxygen atoms in total. The number of anilines is 2. The van der Waals surface area contributed by atoms with E-state index in [1.807, 2.05) is 22.7 Å². The molecular weight excluding hydrogens is 294 g/mol. The van der Waals surface area contributed by atoms with E-state index in [-0.39, 0.29) is 6.03 Å². The molecule has 1 aromatic rings. The highest BCUT2D eigenvalue weighted by atomic mass is 32.2. The number of hydrogen-bond donors (Lipinski definition) is 1. The lowest BCUT2D eigenvalue weighted by atomic mass is 10.1. The van der Waals surface area contributed by atoms with Crippen LogP contribution in [0.25, 0.3) is 0 Å². The van der Waals surface area contributed by atoms with E-state index in [2.05, 4.69) is 35.5 Å². The van der Waals surface area contributed by atoms with Gasteiger partial charge in [-0.05, 0) is 55.4 Å². The van der Waals surface area contributed by atoms with Crippen LogP contribution in [0.1, 0.15) is 18.9 Å². The summed E-state index contributed by atoms with van der Waals surface area (Å²) in [6.07, 6.45) is 4.37. The first-order valence-electron chi connectivity index (χ1n) is 8.14. The van der Waals surface area contributed by atoms with E-state index in [0.29, 0.717) is 5.92 Å². The number of amides is 2. The lowest BCUT2D eigenvalue weighted by Gasteiger charge is -2.20. The van der Waals surface area contributed by atoms with Crippen LogP contribution < -0.4 is 10.2 Å². The zero-order valence-electron chi connectivity index (χ0n) is 13.5. The number of nitrogens with one attached hydrogen (secondary N) is 1. The van der Waals surface area contributed by atoms with Crippen molar-refractivity contribution >= 4 is 29.2 Å².